The van der Waals surface area contributed by atoms with Gasteiger partial charge in [0.25, 0.3) is 0 Å². The third-order valence-corrected chi connectivity index (χ3v) is 2.60. The predicted octanol–water partition coefficient (Wildman–Crippen LogP) is 3.33. The smallest absolute Gasteiger partial charge is 0.146 e. The molecule has 1 aromatic rings. The van der Waals surface area contributed by atoms with E-state index in [1.165, 1.54) is 6.07 Å². The number of nitrogens with zero attached hydrogens (tertiary/aromatic N) is 1. The number of halogens is 1. The zero-order valence-electron chi connectivity index (χ0n) is 11.4. The van der Waals surface area contributed by atoms with E-state index < -0.39 is 0 Å². The molecule has 0 amide bonds. The Kier molecular flexibility index (Phi) is 4.15. The van der Waals surface area contributed by atoms with Crippen LogP contribution in [0.5, 0.6) is 0 Å². The number of benzene rings is 1. The third-order valence-electron chi connectivity index (χ3n) is 2.60. The van der Waals surface area contributed by atoms with Crippen LogP contribution in [0, 0.1) is 11.2 Å². The van der Waals surface area contributed by atoms with E-state index in [0.717, 1.165) is 12.1 Å². The minimum atomic E-state index is -0.202. The second-order valence-corrected chi connectivity index (χ2v) is 5.88. The van der Waals surface area contributed by atoms with Crippen LogP contribution in [0.2, 0.25) is 0 Å². The summed E-state index contributed by atoms with van der Waals surface area (Å²) in [6.07, 6.45) is 0. The molecule has 0 aliphatic heterocycles. The first kappa shape index (κ1) is 14.0. The highest BCUT2D eigenvalue weighted by atomic mass is 19.1. The van der Waals surface area contributed by atoms with Gasteiger partial charge in [-0.15, -0.1) is 0 Å². The highest BCUT2D eigenvalue weighted by molar-refractivity contribution is 5.55. The summed E-state index contributed by atoms with van der Waals surface area (Å²) in [4.78, 5) is 1.95. The van der Waals surface area contributed by atoms with E-state index >= 15 is 0 Å². The van der Waals surface area contributed by atoms with E-state index in [2.05, 4.69) is 20.8 Å². The molecule has 0 radical (unpaired) electrons. The van der Waals surface area contributed by atoms with Crippen molar-refractivity contribution in [2.45, 2.75) is 33.7 Å². The molecule has 3 heteroatoms. The molecule has 96 valence electrons. The van der Waals surface area contributed by atoms with Crippen LogP contribution < -0.4 is 10.6 Å². The molecule has 0 saturated heterocycles. The van der Waals surface area contributed by atoms with E-state index in [4.69, 9.17) is 5.73 Å². The second-order valence-electron chi connectivity index (χ2n) is 5.88. The summed E-state index contributed by atoms with van der Waals surface area (Å²) in [5.74, 6) is -0.202. The molecule has 0 spiro atoms. The summed E-state index contributed by atoms with van der Waals surface area (Å²) in [5.41, 5.74) is 7.49. The van der Waals surface area contributed by atoms with E-state index in [9.17, 15) is 4.39 Å². The fourth-order valence-corrected chi connectivity index (χ4v) is 2.09. The van der Waals surface area contributed by atoms with Crippen molar-refractivity contribution in [3.05, 3.63) is 29.6 Å². The van der Waals surface area contributed by atoms with Crippen molar-refractivity contribution < 1.29 is 4.39 Å². The Morgan fingerprint density at radius 2 is 1.94 bits per heavy atom. The molecule has 0 aliphatic rings. The zero-order valence-corrected chi connectivity index (χ0v) is 11.4. The number of rotatable bonds is 3. The second kappa shape index (κ2) is 5.05. The van der Waals surface area contributed by atoms with Gasteiger partial charge in [0, 0.05) is 19.6 Å². The Labute approximate surface area is 104 Å². The average molecular weight is 238 g/mol. The fraction of sp³-hybridized carbons (Fsp3) is 0.571. The summed E-state index contributed by atoms with van der Waals surface area (Å²) < 4.78 is 13.9. The van der Waals surface area contributed by atoms with Gasteiger partial charge < -0.3 is 10.6 Å². The van der Waals surface area contributed by atoms with Crippen molar-refractivity contribution >= 4 is 5.69 Å². The van der Waals surface area contributed by atoms with Crippen molar-refractivity contribution in [2.24, 2.45) is 11.1 Å². The fourth-order valence-electron chi connectivity index (χ4n) is 2.09. The molecule has 1 atom stereocenters. The van der Waals surface area contributed by atoms with Gasteiger partial charge in [-0.1, -0.05) is 32.9 Å². The van der Waals surface area contributed by atoms with E-state index in [0.29, 0.717) is 5.69 Å². The van der Waals surface area contributed by atoms with Crippen LogP contribution in [-0.4, -0.2) is 13.6 Å². The van der Waals surface area contributed by atoms with Crippen LogP contribution in [0.4, 0.5) is 10.1 Å². The van der Waals surface area contributed by atoms with Crippen LogP contribution in [0.3, 0.4) is 0 Å². The van der Waals surface area contributed by atoms with E-state index in [1.807, 2.05) is 24.9 Å². The van der Waals surface area contributed by atoms with Crippen molar-refractivity contribution in [1.82, 2.24) is 0 Å². The number of nitrogens with two attached hydrogens (primary N) is 1. The first-order valence-electron chi connectivity index (χ1n) is 5.97. The summed E-state index contributed by atoms with van der Waals surface area (Å²) in [6.45, 7) is 9.07. The Bertz CT molecular complexity index is 380. The Morgan fingerprint density at radius 3 is 2.41 bits per heavy atom. The molecule has 1 aromatic carbocycles. The number of hydrogen-bond acceptors (Lipinski definition) is 2. The lowest BCUT2D eigenvalue weighted by atomic mass is 9.95. The van der Waals surface area contributed by atoms with E-state index in [-0.39, 0.29) is 17.3 Å². The maximum absolute atomic E-state index is 13.9. The summed E-state index contributed by atoms with van der Waals surface area (Å²) in [6, 6.07) is 4.92. The van der Waals surface area contributed by atoms with Crippen molar-refractivity contribution in [3.63, 3.8) is 0 Å². The van der Waals surface area contributed by atoms with Gasteiger partial charge in [-0.05, 0) is 24.0 Å². The highest BCUT2D eigenvalue weighted by Crippen LogP contribution is 2.29. The molecule has 0 aromatic heterocycles. The van der Waals surface area contributed by atoms with Crippen molar-refractivity contribution in [2.75, 3.05) is 18.5 Å². The topological polar surface area (TPSA) is 29.3 Å². The maximum atomic E-state index is 13.9. The first-order chi connectivity index (χ1) is 7.72. The molecule has 2 N–H and O–H groups in total. The SMILES string of the molecule is C[C@H](N)c1cccc(F)c1N(C)CC(C)(C)C. The summed E-state index contributed by atoms with van der Waals surface area (Å²) in [5, 5.41) is 0. The molecular weight excluding hydrogens is 215 g/mol. The molecular formula is C14H23FN2. The average Bonchev–Trinajstić information content (AvgIpc) is 2.13. The quantitative estimate of drug-likeness (QED) is 0.875. The van der Waals surface area contributed by atoms with Gasteiger partial charge in [-0.2, -0.15) is 0 Å². The standard InChI is InChI=1S/C14H23FN2/c1-10(16)11-7-6-8-12(15)13(11)17(5)9-14(2,3)4/h6-8,10H,9,16H2,1-5H3/t10-/m0/s1. The molecule has 0 aliphatic carbocycles. The van der Waals surface area contributed by atoms with Gasteiger partial charge in [-0.3, -0.25) is 0 Å². The van der Waals surface area contributed by atoms with E-state index in [1.54, 1.807) is 6.07 Å². The molecule has 0 unspecified atom stereocenters. The van der Waals surface area contributed by atoms with Crippen LogP contribution in [0.15, 0.2) is 18.2 Å². The van der Waals surface area contributed by atoms with Gasteiger partial charge in [0.1, 0.15) is 5.82 Å². The van der Waals surface area contributed by atoms with Crippen molar-refractivity contribution in [3.8, 4) is 0 Å². The van der Waals surface area contributed by atoms with Crippen LogP contribution in [-0.2, 0) is 0 Å². The summed E-state index contributed by atoms with van der Waals surface area (Å²) in [7, 11) is 1.91. The molecule has 1 rings (SSSR count). The van der Waals surface area contributed by atoms with Crippen LogP contribution in [0.25, 0.3) is 0 Å². The lowest BCUT2D eigenvalue weighted by Crippen LogP contribution is -2.31. The maximum Gasteiger partial charge on any atom is 0.146 e. The van der Waals surface area contributed by atoms with Gasteiger partial charge in [-0.25, -0.2) is 4.39 Å². The Balaban J connectivity index is 3.11. The van der Waals surface area contributed by atoms with Gasteiger partial charge in [0.05, 0.1) is 5.69 Å². The Hall–Kier alpha value is -1.09. The van der Waals surface area contributed by atoms with Crippen molar-refractivity contribution in [1.29, 1.82) is 0 Å². The Morgan fingerprint density at radius 1 is 1.35 bits per heavy atom. The van der Waals surface area contributed by atoms with Crippen LogP contribution in [0.1, 0.15) is 39.3 Å². The normalized spacial score (nSPS) is 13.6. The molecule has 0 saturated carbocycles. The monoisotopic (exact) mass is 238 g/mol. The lowest BCUT2D eigenvalue weighted by Gasteiger charge is -2.30. The molecule has 17 heavy (non-hydrogen) atoms. The number of para-hydroxylation sites is 1. The molecule has 0 bridgehead atoms. The molecule has 0 heterocycles. The number of anilines is 1. The van der Waals surface area contributed by atoms with Gasteiger partial charge in [0.2, 0.25) is 0 Å². The largest absolute Gasteiger partial charge is 0.371 e. The summed E-state index contributed by atoms with van der Waals surface area (Å²) >= 11 is 0. The highest BCUT2D eigenvalue weighted by Gasteiger charge is 2.20. The zero-order chi connectivity index (χ0) is 13.2. The van der Waals surface area contributed by atoms with Crippen LogP contribution >= 0.6 is 0 Å². The minimum absolute atomic E-state index is 0.117. The third kappa shape index (κ3) is 3.70. The number of hydrogen-bond donors (Lipinski definition) is 1. The first-order valence-corrected chi connectivity index (χ1v) is 5.97. The van der Waals surface area contributed by atoms with Gasteiger partial charge >= 0.3 is 0 Å². The minimum Gasteiger partial charge on any atom is -0.371 e. The molecule has 0 fully saturated rings. The van der Waals surface area contributed by atoms with Gasteiger partial charge in [0.15, 0.2) is 0 Å². The predicted molar refractivity (Wildman–Crippen MR) is 71.7 cm³/mol. The molecule has 2 nitrogen and oxygen atoms in total. The lowest BCUT2D eigenvalue weighted by molar-refractivity contribution is 0.416.